The Balaban J connectivity index is 0.00000243. The smallest absolute Gasteiger partial charge is 0.223 e. The van der Waals surface area contributed by atoms with E-state index in [0.29, 0.717) is 12.5 Å². The van der Waals surface area contributed by atoms with Crippen LogP contribution in [0.1, 0.15) is 43.2 Å². The SMILES string of the molecule is Cl.Nc1ccccc1CCC(=O)N(CCc1ccccc1)C1CCCC1. The lowest BCUT2D eigenvalue weighted by molar-refractivity contribution is -0.133. The van der Waals surface area contributed by atoms with Gasteiger partial charge in [-0.2, -0.15) is 0 Å². The van der Waals surface area contributed by atoms with Crippen molar-refractivity contribution in [3.63, 3.8) is 0 Å². The van der Waals surface area contributed by atoms with E-state index < -0.39 is 0 Å². The summed E-state index contributed by atoms with van der Waals surface area (Å²) in [7, 11) is 0. The average molecular weight is 373 g/mol. The summed E-state index contributed by atoms with van der Waals surface area (Å²) in [4.78, 5) is 15.1. The van der Waals surface area contributed by atoms with Gasteiger partial charge in [0.1, 0.15) is 0 Å². The van der Waals surface area contributed by atoms with Gasteiger partial charge in [-0.1, -0.05) is 61.4 Å². The van der Waals surface area contributed by atoms with Crippen molar-refractivity contribution in [3.8, 4) is 0 Å². The number of nitrogens with two attached hydrogens (primary N) is 1. The lowest BCUT2D eigenvalue weighted by Crippen LogP contribution is -2.40. The summed E-state index contributed by atoms with van der Waals surface area (Å²) in [5.74, 6) is 0.270. The Morgan fingerprint density at radius 3 is 2.31 bits per heavy atom. The fraction of sp³-hybridized carbons (Fsp3) is 0.409. The van der Waals surface area contributed by atoms with Crippen molar-refractivity contribution < 1.29 is 4.79 Å². The van der Waals surface area contributed by atoms with E-state index in [-0.39, 0.29) is 18.3 Å². The second kappa shape index (κ2) is 10.2. The predicted octanol–water partition coefficient (Wildman–Crippen LogP) is 4.64. The van der Waals surface area contributed by atoms with E-state index in [0.717, 1.165) is 43.5 Å². The molecule has 0 unspecified atom stereocenters. The van der Waals surface area contributed by atoms with Gasteiger partial charge in [0.05, 0.1) is 0 Å². The molecule has 26 heavy (non-hydrogen) atoms. The molecule has 0 bridgehead atoms. The highest BCUT2D eigenvalue weighted by Gasteiger charge is 2.26. The van der Waals surface area contributed by atoms with Crippen LogP contribution in [0.25, 0.3) is 0 Å². The van der Waals surface area contributed by atoms with Crippen LogP contribution in [-0.4, -0.2) is 23.4 Å². The number of benzene rings is 2. The van der Waals surface area contributed by atoms with Gasteiger partial charge < -0.3 is 10.6 Å². The molecule has 0 saturated heterocycles. The molecule has 2 N–H and O–H groups in total. The van der Waals surface area contributed by atoms with E-state index in [1.54, 1.807) is 0 Å². The van der Waals surface area contributed by atoms with E-state index in [2.05, 4.69) is 29.2 Å². The molecule has 0 heterocycles. The first-order chi connectivity index (χ1) is 12.2. The Hall–Kier alpha value is -2.00. The monoisotopic (exact) mass is 372 g/mol. The Morgan fingerprint density at radius 2 is 1.62 bits per heavy atom. The lowest BCUT2D eigenvalue weighted by Gasteiger charge is -2.29. The average Bonchev–Trinajstić information content (AvgIpc) is 3.16. The molecule has 4 heteroatoms. The standard InChI is InChI=1S/C22H28N2O.ClH/c23-21-13-7-4-10-19(21)14-15-22(25)24(20-11-5-6-12-20)17-16-18-8-2-1-3-9-18;/h1-4,7-10,13,20H,5-6,11-12,14-17,23H2;1H. The molecule has 1 aliphatic rings. The predicted molar refractivity (Wildman–Crippen MR) is 111 cm³/mol. The third kappa shape index (κ3) is 5.50. The molecule has 1 saturated carbocycles. The number of aryl methyl sites for hydroxylation is 1. The Labute approximate surface area is 163 Å². The van der Waals surface area contributed by atoms with Gasteiger partial charge >= 0.3 is 0 Å². The molecule has 0 aromatic heterocycles. The fourth-order valence-corrected chi connectivity index (χ4v) is 3.77. The Bertz CT molecular complexity index is 684. The second-order valence-corrected chi connectivity index (χ2v) is 6.96. The zero-order valence-corrected chi connectivity index (χ0v) is 16.1. The number of hydrogen-bond acceptors (Lipinski definition) is 2. The van der Waals surface area contributed by atoms with Gasteiger partial charge in [0, 0.05) is 24.7 Å². The van der Waals surface area contributed by atoms with Gasteiger partial charge in [0.15, 0.2) is 0 Å². The molecule has 3 nitrogen and oxygen atoms in total. The number of hydrogen-bond donors (Lipinski definition) is 1. The minimum atomic E-state index is 0. The normalized spacial score (nSPS) is 14.0. The molecule has 2 aromatic rings. The quantitative estimate of drug-likeness (QED) is 0.720. The summed E-state index contributed by atoms with van der Waals surface area (Å²) < 4.78 is 0. The zero-order valence-electron chi connectivity index (χ0n) is 15.3. The van der Waals surface area contributed by atoms with E-state index in [1.165, 1.54) is 18.4 Å². The number of carbonyl (C=O) groups excluding carboxylic acids is 1. The number of anilines is 1. The van der Waals surface area contributed by atoms with Gasteiger partial charge in [0.2, 0.25) is 5.91 Å². The van der Waals surface area contributed by atoms with Crippen molar-refractivity contribution >= 4 is 24.0 Å². The topological polar surface area (TPSA) is 46.3 Å². The van der Waals surface area contributed by atoms with Crippen molar-refractivity contribution in [2.45, 2.75) is 51.0 Å². The van der Waals surface area contributed by atoms with E-state index in [1.807, 2.05) is 30.3 Å². The Morgan fingerprint density at radius 1 is 0.962 bits per heavy atom. The number of para-hydroxylation sites is 1. The maximum Gasteiger partial charge on any atom is 0.223 e. The first kappa shape index (κ1) is 20.3. The molecule has 0 atom stereocenters. The summed E-state index contributed by atoms with van der Waals surface area (Å²) >= 11 is 0. The van der Waals surface area contributed by atoms with Crippen LogP contribution in [0, 0.1) is 0 Å². The molecule has 3 rings (SSSR count). The highest BCUT2D eigenvalue weighted by atomic mass is 35.5. The third-order valence-electron chi connectivity index (χ3n) is 5.23. The minimum Gasteiger partial charge on any atom is -0.399 e. The van der Waals surface area contributed by atoms with E-state index >= 15 is 0 Å². The molecule has 1 fully saturated rings. The second-order valence-electron chi connectivity index (χ2n) is 6.96. The number of carbonyl (C=O) groups is 1. The molecule has 2 aromatic carbocycles. The number of amides is 1. The summed E-state index contributed by atoms with van der Waals surface area (Å²) in [6, 6.07) is 18.7. The Kier molecular flexibility index (Phi) is 7.99. The van der Waals surface area contributed by atoms with Crippen LogP contribution in [0.3, 0.4) is 0 Å². The van der Waals surface area contributed by atoms with Crippen LogP contribution in [0.5, 0.6) is 0 Å². The molecule has 0 spiro atoms. The van der Waals surface area contributed by atoms with Crippen LogP contribution in [0.2, 0.25) is 0 Å². The molecule has 1 aliphatic carbocycles. The maximum atomic E-state index is 12.9. The highest BCUT2D eigenvalue weighted by Crippen LogP contribution is 2.25. The maximum absolute atomic E-state index is 12.9. The van der Waals surface area contributed by atoms with E-state index in [9.17, 15) is 4.79 Å². The van der Waals surface area contributed by atoms with Crippen molar-refractivity contribution in [3.05, 3.63) is 65.7 Å². The van der Waals surface area contributed by atoms with E-state index in [4.69, 9.17) is 5.73 Å². The highest BCUT2D eigenvalue weighted by molar-refractivity contribution is 5.85. The first-order valence-electron chi connectivity index (χ1n) is 9.41. The number of rotatable bonds is 7. The zero-order chi connectivity index (χ0) is 17.5. The van der Waals surface area contributed by atoms with Gasteiger partial charge in [-0.25, -0.2) is 0 Å². The summed E-state index contributed by atoms with van der Waals surface area (Å²) in [6.45, 7) is 0.817. The summed E-state index contributed by atoms with van der Waals surface area (Å²) in [6.07, 6.45) is 6.97. The molecule has 140 valence electrons. The number of halogens is 1. The number of nitrogens with zero attached hydrogens (tertiary/aromatic N) is 1. The fourth-order valence-electron chi connectivity index (χ4n) is 3.77. The van der Waals surface area contributed by atoms with Crippen LogP contribution >= 0.6 is 12.4 Å². The van der Waals surface area contributed by atoms with Crippen LogP contribution in [-0.2, 0) is 17.6 Å². The molecule has 1 amide bonds. The summed E-state index contributed by atoms with van der Waals surface area (Å²) in [5.41, 5.74) is 9.17. The largest absolute Gasteiger partial charge is 0.399 e. The van der Waals surface area contributed by atoms with Crippen molar-refractivity contribution in [2.75, 3.05) is 12.3 Å². The van der Waals surface area contributed by atoms with Crippen LogP contribution in [0.4, 0.5) is 5.69 Å². The molecular weight excluding hydrogens is 344 g/mol. The van der Waals surface area contributed by atoms with Crippen LogP contribution < -0.4 is 5.73 Å². The van der Waals surface area contributed by atoms with Gasteiger partial charge in [0.25, 0.3) is 0 Å². The lowest BCUT2D eigenvalue weighted by atomic mass is 10.1. The molecular formula is C22H29ClN2O. The van der Waals surface area contributed by atoms with Gasteiger partial charge in [-0.3, -0.25) is 4.79 Å². The van der Waals surface area contributed by atoms with Gasteiger partial charge in [-0.15, -0.1) is 12.4 Å². The van der Waals surface area contributed by atoms with Crippen molar-refractivity contribution in [1.82, 2.24) is 4.90 Å². The molecule has 0 aliphatic heterocycles. The molecule has 0 radical (unpaired) electrons. The third-order valence-corrected chi connectivity index (χ3v) is 5.23. The minimum absolute atomic E-state index is 0. The number of nitrogen functional groups attached to an aromatic ring is 1. The van der Waals surface area contributed by atoms with Crippen molar-refractivity contribution in [1.29, 1.82) is 0 Å². The van der Waals surface area contributed by atoms with Gasteiger partial charge in [-0.05, 0) is 42.9 Å². The van der Waals surface area contributed by atoms with Crippen molar-refractivity contribution in [2.24, 2.45) is 0 Å². The summed E-state index contributed by atoms with van der Waals surface area (Å²) in [5, 5.41) is 0. The first-order valence-corrected chi connectivity index (χ1v) is 9.41. The van der Waals surface area contributed by atoms with Crippen LogP contribution in [0.15, 0.2) is 54.6 Å².